The van der Waals surface area contributed by atoms with E-state index in [2.05, 4.69) is 4.98 Å². The molecule has 0 spiro atoms. The molecule has 3 rings (SSSR count). The van der Waals surface area contributed by atoms with E-state index in [0.717, 1.165) is 29.0 Å². The van der Waals surface area contributed by atoms with Gasteiger partial charge in [0.25, 0.3) is 0 Å². The fraction of sp³-hybridized carbons (Fsp3) is 0.476. The predicted octanol–water partition coefficient (Wildman–Crippen LogP) is 4.20. The van der Waals surface area contributed by atoms with Gasteiger partial charge in [0, 0.05) is 12.2 Å². The molecule has 1 aliphatic rings. The van der Waals surface area contributed by atoms with Crippen molar-refractivity contribution in [3.05, 3.63) is 41.0 Å². The lowest BCUT2D eigenvalue weighted by molar-refractivity contribution is -0.133. The lowest BCUT2D eigenvalue weighted by atomic mass is 9.84. The van der Waals surface area contributed by atoms with Crippen LogP contribution in [0.1, 0.15) is 48.6 Å². The minimum atomic E-state index is -3.28. The molecule has 30 heavy (non-hydrogen) atoms. The van der Waals surface area contributed by atoms with E-state index in [1.165, 1.54) is 42.2 Å². The van der Waals surface area contributed by atoms with Gasteiger partial charge in [-0.1, -0.05) is 37.8 Å². The molecule has 1 N–H and O–H groups in total. The molecule has 1 saturated carbocycles. The number of sulfone groups is 1. The topological polar surface area (TPSA) is 101 Å². The summed E-state index contributed by atoms with van der Waals surface area (Å²) < 4.78 is 24.3. The van der Waals surface area contributed by atoms with Gasteiger partial charge >= 0.3 is 5.97 Å². The summed E-state index contributed by atoms with van der Waals surface area (Å²) in [5, 5.41) is 9.48. The summed E-state index contributed by atoms with van der Waals surface area (Å²) in [5.41, 5.74) is 0.844. The van der Waals surface area contributed by atoms with Crippen LogP contribution in [0.4, 0.5) is 0 Å². The van der Waals surface area contributed by atoms with E-state index >= 15 is 0 Å². The third-order valence-electron chi connectivity index (χ3n) is 5.34. The van der Waals surface area contributed by atoms with Crippen molar-refractivity contribution in [2.75, 3.05) is 12.0 Å². The van der Waals surface area contributed by atoms with Crippen LogP contribution in [-0.4, -0.2) is 42.3 Å². The van der Waals surface area contributed by atoms with Gasteiger partial charge in [-0.15, -0.1) is 23.1 Å². The number of benzene rings is 1. The molecule has 6 nitrogen and oxygen atoms in total. The highest BCUT2D eigenvalue weighted by atomic mass is 32.2. The zero-order chi connectivity index (χ0) is 21.7. The third kappa shape index (κ3) is 6.39. The molecule has 1 aliphatic carbocycles. The second kappa shape index (κ2) is 10.1. The fourth-order valence-electron chi connectivity index (χ4n) is 3.83. The maximum Gasteiger partial charge on any atom is 0.313 e. The number of hydrogen-bond acceptors (Lipinski definition) is 7. The number of aromatic nitrogens is 1. The number of carbonyl (C=O) groups is 2. The predicted molar refractivity (Wildman–Crippen MR) is 118 cm³/mol. The number of carboxylic acids is 1. The highest BCUT2D eigenvalue weighted by Gasteiger charge is 2.27. The lowest BCUT2D eigenvalue weighted by Gasteiger charge is -2.20. The average molecular weight is 468 g/mol. The molecule has 0 bridgehead atoms. The third-order valence-corrected chi connectivity index (χ3v) is 8.64. The Morgan fingerprint density at radius 3 is 2.50 bits per heavy atom. The van der Waals surface area contributed by atoms with Crippen molar-refractivity contribution in [1.82, 2.24) is 4.98 Å². The summed E-state index contributed by atoms with van der Waals surface area (Å²) in [7, 11) is -3.28. The van der Waals surface area contributed by atoms with Gasteiger partial charge in [0.1, 0.15) is 10.8 Å². The van der Waals surface area contributed by atoms with Crippen LogP contribution in [0.2, 0.25) is 0 Å². The standard InChI is InChI=1S/C21H25NO5S3/c1-30(26,27)16-8-6-15(7-9-16)17(10-14-4-2-3-5-14)18(23)11-19-22-12-21(29-19)28-13-20(24)25/h6-9,12,14,17H,2-5,10-11,13H2,1H3,(H,24,25). The van der Waals surface area contributed by atoms with E-state index in [1.807, 2.05) is 0 Å². The Morgan fingerprint density at radius 1 is 1.23 bits per heavy atom. The molecule has 1 fully saturated rings. The maximum absolute atomic E-state index is 13.2. The van der Waals surface area contributed by atoms with Crippen LogP contribution in [0.25, 0.3) is 0 Å². The van der Waals surface area contributed by atoms with Crippen molar-refractivity contribution >= 4 is 44.7 Å². The van der Waals surface area contributed by atoms with Crippen molar-refractivity contribution in [2.24, 2.45) is 5.92 Å². The van der Waals surface area contributed by atoms with E-state index in [0.29, 0.717) is 10.9 Å². The quantitative estimate of drug-likeness (QED) is 0.523. The number of carboxylic acid groups (broad SMARTS) is 1. The molecule has 0 aliphatic heterocycles. The van der Waals surface area contributed by atoms with Gasteiger partial charge in [-0.25, -0.2) is 13.4 Å². The number of thioether (sulfide) groups is 1. The van der Waals surface area contributed by atoms with Crippen molar-refractivity contribution in [2.45, 2.75) is 53.5 Å². The number of thiazole rings is 1. The Labute approximate surface area is 185 Å². The number of nitrogens with zero attached hydrogens (tertiary/aromatic N) is 1. The molecular formula is C21H25NO5S3. The highest BCUT2D eigenvalue weighted by Crippen LogP contribution is 2.36. The molecular weight excluding hydrogens is 442 g/mol. The molecule has 0 saturated heterocycles. The number of rotatable bonds is 10. The molecule has 1 atom stereocenters. The van der Waals surface area contributed by atoms with Gasteiger partial charge in [0.2, 0.25) is 0 Å². The van der Waals surface area contributed by atoms with Crippen LogP contribution in [0.5, 0.6) is 0 Å². The van der Waals surface area contributed by atoms with E-state index in [1.54, 1.807) is 30.5 Å². The Kier molecular flexibility index (Phi) is 7.70. The SMILES string of the molecule is CS(=O)(=O)c1ccc(C(CC2CCCC2)C(=O)Cc2ncc(SCC(=O)O)s2)cc1. The van der Waals surface area contributed by atoms with E-state index < -0.39 is 15.8 Å². The summed E-state index contributed by atoms with van der Waals surface area (Å²) in [6.07, 6.45) is 8.38. The monoisotopic (exact) mass is 467 g/mol. The van der Waals surface area contributed by atoms with Gasteiger partial charge < -0.3 is 5.11 Å². The minimum Gasteiger partial charge on any atom is -0.481 e. The zero-order valence-corrected chi connectivity index (χ0v) is 19.2. The normalized spacial score (nSPS) is 15.9. The van der Waals surface area contributed by atoms with Crippen LogP contribution < -0.4 is 0 Å². The number of Topliss-reactive ketones (excluding diaryl/α,β-unsaturated/α-hetero) is 1. The van der Waals surface area contributed by atoms with Crippen LogP contribution >= 0.6 is 23.1 Å². The Hall–Kier alpha value is -1.71. The van der Waals surface area contributed by atoms with Crippen LogP contribution in [0.3, 0.4) is 0 Å². The lowest BCUT2D eigenvalue weighted by Crippen LogP contribution is -2.18. The van der Waals surface area contributed by atoms with E-state index in [9.17, 15) is 18.0 Å². The molecule has 1 aromatic heterocycles. The molecule has 162 valence electrons. The van der Waals surface area contributed by atoms with Crippen molar-refractivity contribution in [3.63, 3.8) is 0 Å². The first-order chi connectivity index (χ1) is 14.2. The molecule has 1 heterocycles. The molecule has 0 radical (unpaired) electrons. The van der Waals surface area contributed by atoms with Crippen molar-refractivity contribution in [3.8, 4) is 0 Å². The second-order valence-corrected chi connectivity index (χ2v) is 12.1. The average Bonchev–Trinajstić information content (AvgIpc) is 3.35. The minimum absolute atomic E-state index is 0.0351. The highest BCUT2D eigenvalue weighted by molar-refractivity contribution is 8.01. The van der Waals surface area contributed by atoms with Crippen molar-refractivity contribution in [1.29, 1.82) is 0 Å². The Balaban J connectivity index is 1.76. The summed E-state index contributed by atoms with van der Waals surface area (Å²) in [6.45, 7) is 0. The van der Waals surface area contributed by atoms with Gasteiger partial charge in [0.15, 0.2) is 9.84 Å². The molecule has 1 unspecified atom stereocenters. The summed E-state index contributed by atoms with van der Waals surface area (Å²) in [5.74, 6) is -0.641. The van der Waals surface area contributed by atoms with E-state index in [-0.39, 0.29) is 28.8 Å². The van der Waals surface area contributed by atoms with Gasteiger partial charge in [0.05, 0.1) is 27.5 Å². The van der Waals surface area contributed by atoms with Crippen LogP contribution in [0.15, 0.2) is 39.6 Å². The van der Waals surface area contributed by atoms with Gasteiger partial charge in [-0.2, -0.15) is 0 Å². The first-order valence-electron chi connectivity index (χ1n) is 9.84. The second-order valence-electron chi connectivity index (χ2n) is 7.68. The number of hydrogen-bond donors (Lipinski definition) is 1. The first-order valence-corrected chi connectivity index (χ1v) is 13.5. The largest absolute Gasteiger partial charge is 0.481 e. The summed E-state index contributed by atoms with van der Waals surface area (Å²) in [6, 6.07) is 6.65. The Morgan fingerprint density at radius 2 is 1.90 bits per heavy atom. The van der Waals surface area contributed by atoms with Crippen molar-refractivity contribution < 1.29 is 23.1 Å². The fourth-order valence-corrected chi connectivity index (χ4v) is 6.21. The molecule has 2 aromatic rings. The summed E-state index contributed by atoms with van der Waals surface area (Å²) >= 11 is 2.55. The van der Waals surface area contributed by atoms with Gasteiger partial charge in [-0.3, -0.25) is 9.59 Å². The summed E-state index contributed by atoms with van der Waals surface area (Å²) in [4.78, 5) is 28.5. The smallest absolute Gasteiger partial charge is 0.313 e. The molecule has 9 heteroatoms. The molecule has 1 aromatic carbocycles. The number of ketones is 1. The van der Waals surface area contributed by atoms with Crippen LogP contribution in [0, 0.1) is 5.92 Å². The molecule has 0 amide bonds. The van der Waals surface area contributed by atoms with Gasteiger partial charge in [-0.05, 0) is 30.0 Å². The Bertz CT molecular complexity index is 992. The number of aliphatic carboxylic acids is 1. The zero-order valence-electron chi connectivity index (χ0n) is 16.7. The van der Waals surface area contributed by atoms with Crippen LogP contribution in [-0.2, 0) is 25.8 Å². The van der Waals surface area contributed by atoms with E-state index in [4.69, 9.17) is 5.11 Å². The first kappa shape index (κ1) is 23.0. The maximum atomic E-state index is 13.2. The number of carbonyl (C=O) groups excluding carboxylic acids is 1.